The molecule has 0 unspecified atom stereocenters. The van der Waals surface area contributed by atoms with E-state index in [2.05, 4.69) is 23.2 Å². The maximum Gasteiger partial charge on any atom is 0.217 e. The van der Waals surface area contributed by atoms with Gasteiger partial charge in [0.05, 0.1) is 0 Å². The molecule has 0 saturated heterocycles. The van der Waals surface area contributed by atoms with Crippen molar-refractivity contribution in [1.29, 1.82) is 0 Å². The summed E-state index contributed by atoms with van der Waals surface area (Å²) >= 11 is 0. The molecule has 0 saturated carbocycles. The third-order valence-electron chi connectivity index (χ3n) is 4.20. The Morgan fingerprint density at radius 3 is 2.52 bits per heavy atom. The molecule has 0 bridgehead atoms. The molecular weight excluding hydrogens is 286 g/mol. The van der Waals surface area contributed by atoms with Gasteiger partial charge in [-0.25, -0.2) is 4.99 Å². The van der Waals surface area contributed by atoms with Crippen LogP contribution in [0.5, 0.6) is 0 Å². The summed E-state index contributed by atoms with van der Waals surface area (Å²) < 4.78 is 5.79. The van der Waals surface area contributed by atoms with Crippen LogP contribution in [0, 0.1) is 0 Å². The van der Waals surface area contributed by atoms with Gasteiger partial charge in [0.15, 0.2) is 0 Å². The van der Waals surface area contributed by atoms with Crippen molar-refractivity contribution in [2.24, 2.45) is 4.99 Å². The normalized spacial score (nSPS) is 18.5. The first kappa shape index (κ1) is 14.0. The van der Waals surface area contributed by atoms with E-state index >= 15 is 0 Å². The molecule has 3 nitrogen and oxygen atoms in total. The van der Waals surface area contributed by atoms with Crippen molar-refractivity contribution in [3.63, 3.8) is 0 Å². The van der Waals surface area contributed by atoms with Gasteiger partial charge < -0.3 is 9.84 Å². The van der Waals surface area contributed by atoms with Gasteiger partial charge in [0.2, 0.25) is 5.90 Å². The number of benzene rings is 3. The summed E-state index contributed by atoms with van der Waals surface area (Å²) in [5.74, 6) is 0.613. The number of nitrogens with zero attached hydrogens (tertiary/aromatic N) is 1. The Hall–Kier alpha value is -2.65. The van der Waals surface area contributed by atoms with Gasteiger partial charge in [0.25, 0.3) is 0 Å². The van der Waals surface area contributed by atoms with Gasteiger partial charge in [-0.2, -0.15) is 0 Å². The van der Waals surface area contributed by atoms with Crippen molar-refractivity contribution in [2.45, 2.75) is 12.1 Å². The van der Waals surface area contributed by atoms with Crippen LogP contribution in [0.15, 0.2) is 77.8 Å². The van der Waals surface area contributed by atoms with Crippen LogP contribution in [0.4, 0.5) is 0 Å². The van der Waals surface area contributed by atoms with Gasteiger partial charge in [0.1, 0.15) is 18.8 Å². The number of aliphatic hydroxyl groups excluding tert-OH is 1. The van der Waals surface area contributed by atoms with Crippen LogP contribution in [0.1, 0.15) is 17.2 Å². The number of hydrogen-bond donors (Lipinski definition) is 1. The first-order valence-electron chi connectivity index (χ1n) is 7.75. The van der Waals surface area contributed by atoms with E-state index in [-0.39, 0.29) is 6.04 Å². The average Bonchev–Trinajstić information content (AvgIpc) is 3.11. The van der Waals surface area contributed by atoms with Crippen LogP contribution >= 0.6 is 0 Å². The quantitative estimate of drug-likeness (QED) is 0.801. The molecule has 2 atom stereocenters. The summed E-state index contributed by atoms with van der Waals surface area (Å²) in [4.78, 5) is 4.63. The van der Waals surface area contributed by atoms with Gasteiger partial charge >= 0.3 is 0 Å². The molecule has 0 amide bonds. The zero-order valence-electron chi connectivity index (χ0n) is 12.6. The van der Waals surface area contributed by atoms with Crippen molar-refractivity contribution in [2.75, 3.05) is 6.61 Å². The van der Waals surface area contributed by atoms with E-state index < -0.39 is 6.10 Å². The van der Waals surface area contributed by atoms with Crippen molar-refractivity contribution >= 4 is 16.7 Å². The molecule has 1 aliphatic rings. The zero-order valence-corrected chi connectivity index (χ0v) is 12.6. The molecule has 1 aliphatic heterocycles. The van der Waals surface area contributed by atoms with E-state index in [0.29, 0.717) is 12.5 Å². The highest BCUT2D eigenvalue weighted by molar-refractivity contribution is 6.07. The van der Waals surface area contributed by atoms with Gasteiger partial charge in [-0.05, 0) is 22.4 Å². The van der Waals surface area contributed by atoms with E-state index in [1.165, 1.54) is 0 Å². The summed E-state index contributed by atoms with van der Waals surface area (Å²) in [5, 5.41) is 12.8. The molecule has 1 N–H and O–H groups in total. The SMILES string of the molecule is O[C@@H](c1ccccc1)[C@@H]1COC(c2cccc3ccccc23)=N1. The molecular formula is C20H17NO2. The van der Waals surface area contributed by atoms with Gasteiger partial charge in [-0.15, -0.1) is 0 Å². The Bertz CT molecular complexity index is 852. The Morgan fingerprint density at radius 1 is 0.913 bits per heavy atom. The fourth-order valence-corrected chi connectivity index (χ4v) is 2.98. The molecule has 114 valence electrons. The van der Waals surface area contributed by atoms with Crippen molar-refractivity contribution in [1.82, 2.24) is 0 Å². The van der Waals surface area contributed by atoms with E-state index in [4.69, 9.17) is 4.74 Å². The van der Waals surface area contributed by atoms with Crippen molar-refractivity contribution < 1.29 is 9.84 Å². The number of ether oxygens (including phenoxy) is 1. The topological polar surface area (TPSA) is 41.8 Å². The first-order chi connectivity index (χ1) is 11.3. The summed E-state index contributed by atoms with van der Waals surface area (Å²) in [6.07, 6.45) is -0.649. The molecule has 3 aromatic carbocycles. The van der Waals surface area contributed by atoms with Crippen LogP contribution in [0.2, 0.25) is 0 Å². The van der Waals surface area contributed by atoms with Crippen LogP contribution in [-0.4, -0.2) is 23.7 Å². The zero-order chi connectivity index (χ0) is 15.6. The molecule has 23 heavy (non-hydrogen) atoms. The Kier molecular flexibility index (Phi) is 3.56. The molecule has 0 fully saturated rings. The molecule has 0 aromatic heterocycles. The number of rotatable bonds is 3. The highest BCUT2D eigenvalue weighted by Crippen LogP contribution is 2.27. The molecule has 3 aromatic rings. The molecule has 1 heterocycles. The number of aliphatic hydroxyl groups is 1. The minimum Gasteiger partial charge on any atom is -0.475 e. The number of hydrogen-bond acceptors (Lipinski definition) is 3. The number of aliphatic imine (C=N–C) groups is 1. The smallest absolute Gasteiger partial charge is 0.217 e. The second kappa shape index (κ2) is 5.86. The third kappa shape index (κ3) is 2.60. The largest absolute Gasteiger partial charge is 0.475 e. The van der Waals surface area contributed by atoms with Crippen molar-refractivity contribution in [3.8, 4) is 0 Å². The average molecular weight is 303 g/mol. The standard InChI is InChI=1S/C20H17NO2/c22-19(15-8-2-1-3-9-15)18-13-23-20(21-18)17-12-6-10-14-7-4-5-11-16(14)17/h1-12,18-19,22H,13H2/t18-,19-/m0/s1. The van der Waals surface area contributed by atoms with E-state index in [1.54, 1.807) is 0 Å². The predicted molar refractivity (Wildman–Crippen MR) is 91.6 cm³/mol. The highest BCUT2D eigenvalue weighted by Gasteiger charge is 2.28. The minimum absolute atomic E-state index is 0.272. The Morgan fingerprint density at radius 2 is 1.65 bits per heavy atom. The fourth-order valence-electron chi connectivity index (χ4n) is 2.98. The van der Waals surface area contributed by atoms with Crippen LogP contribution in [0.3, 0.4) is 0 Å². The highest BCUT2D eigenvalue weighted by atomic mass is 16.5. The Balaban J connectivity index is 1.68. The van der Waals surface area contributed by atoms with Crippen LogP contribution in [-0.2, 0) is 4.74 Å². The maximum absolute atomic E-state index is 10.5. The monoisotopic (exact) mass is 303 g/mol. The lowest BCUT2D eigenvalue weighted by Gasteiger charge is -2.13. The molecule has 0 aliphatic carbocycles. The van der Waals surface area contributed by atoms with Gasteiger partial charge in [-0.3, -0.25) is 0 Å². The molecule has 0 radical (unpaired) electrons. The van der Waals surface area contributed by atoms with E-state index in [9.17, 15) is 5.11 Å². The molecule has 4 rings (SSSR count). The second-order valence-electron chi connectivity index (χ2n) is 5.69. The number of fused-ring (bicyclic) bond motifs is 1. The lowest BCUT2D eigenvalue weighted by Crippen LogP contribution is -2.17. The van der Waals surface area contributed by atoms with Crippen LogP contribution < -0.4 is 0 Å². The molecule has 0 spiro atoms. The molecule has 3 heteroatoms. The summed E-state index contributed by atoms with van der Waals surface area (Å²) in [5.41, 5.74) is 1.84. The maximum atomic E-state index is 10.5. The lowest BCUT2D eigenvalue weighted by atomic mass is 10.0. The van der Waals surface area contributed by atoms with E-state index in [1.807, 2.05) is 54.6 Å². The van der Waals surface area contributed by atoms with Crippen LogP contribution in [0.25, 0.3) is 10.8 Å². The van der Waals surface area contributed by atoms with Gasteiger partial charge in [0, 0.05) is 5.56 Å². The minimum atomic E-state index is -0.649. The van der Waals surface area contributed by atoms with E-state index in [0.717, 1.165) is 21.9 Å². The lowest BCUT2D eigenvalue weighted by molar-refractivity contribution is 0.130. The third-order valence-corrected chi connectivity index (χ3v) is 4.20. The fraction of sp³-hybridized carbons (Fsp3) is 0.150. The second-order valence-corrected chi connectivity index (χ2v) is 5.69. The summed E-state index contributed by atoms with van der Waals surface area (Å²) in [6, 6.07) is 23.6. The predicted octanol–water partition coefficient (Wildman–Crippen LogP) is 3.72. The van der Waals surface area contributed by atoms with Crippen molar-refractivity contribution in [3.05, 3.63) is 83.9 Å². The summed E-state index contributed by atoms with van der Waals surface area (Å²) in [7, 11) is 0. The van der Waals surface area contributed by atoms with Gasteiger partial charge in [-0.1, -0.05) is 66.7 Å². The Labute approximate surface area is 134 Å². The summed E-state index contributed by atoms with van der Waals surface area (Å²) in [6.45, 7) is 0.397. The first-order valence-corrected chi connectivity index (χ1v) is 7.75.